The number of hydrogen-bond donors (Lipinski definition) is 0. The van der Waals surface area contributed by atoms with E-state index in [-0.39, 0.29) is 11.7 Å². The molecule has 5 nitrogen and oxygen atoms in total. The van der Waals surface area contributed by atoms with Crippen molar-refractivity contribution in [2.75, 3.05) is 13.2 Å². The highest BCUT2D eigenvalue weighted by molar-refractivity contribution is 5.88. The Morgan fingerprint density at radius 2 is 1.92 bits per heavy atom. The van der Waals surface area contributed by atoms with Gasteiger partial charge in [-0.05, 0) is 25.2 Å². The van der Waals surface area contributed by atoms with Crippen LogP contribution in [-0.2, 0) is 23.8 Å². The van der Waals surface area contributed by atoms with Crippen molar-refractivity contribution >= 4 is 11.8 Å². The lowest BCUT2D eigenvalue weighted by atomic mass is 9.69. The number of hydrogen-bond acceptors (Lipinski definition) is 5. The summed E-state index contributed by atoms with van der Waals surface area (Å²) in [6.45, 7) is 10.9. The summed E-state index contributed by atoms with van der Waals surface area (Å²) in [6, 6.07) is 0. The minimum absolute atomic E-state index is 0.149. The van der Waals surface area contributed by atoms with Crippen LogP contribution in [0.25, 0.3) is 0 Å². The highest BCUT2D eigenvalue weighted by atomic mass is 16.7. The largest absolute Gasteiger partial charge is 0.465 e. The summed E-state index contributed by atoms with van der Waals surface area (Å²) < 4.78 is 17.4. The van der Waals surface area contributed by atoms with Crippen LogP contribution in [0.4, 0.5) is 0 Å². The SMILES string of the molecule is CC(C)COC(=O)/C=C1/C[C@@]2(C)C(=O)CCC[C@@]2(OCC(C)C)O1. The van der Waals surface area contributed by atoms with E-state index in [0.29, 0.717) is 44.2 Å². The summed E-state index contributed by atoms with van der Waals surface area (Å²) in [4.78, 5) is 24.6. The molecule has 2 rings (SSSR count). The third kappa shape index (κ3) is 3.82. The Kier molecular flexibility index (Phi) is 5.74. The van der Waals surface area contributed by atoms with Crippen molar-refractivity contribution in [1.29, 1.82) is 0 Å². The maximum atomic E-state index is 12.6. The molecule has 0 bridgehead atoms. The van der Waals surface area contributed by atoms with Crippen molar-refractivity contribution in [2.45, 2.75) is 66.1 Å². The van der Waals surface area contributed by atoms with Crippen molar-refractivity contribution < 1.29 is 23.8 Å². The van der Waals surface area contributed by atoms with Crippen LogP contribution in [0.2, 0.25) is 0 Å². The van der Waals surface area contributed by atoms with Gasteiger partial charge in [-0.25, -0.2) is 4.79 Å². The Hall–Kier alpha value is -1.36. The van der Waals surface area contributed by atoms with Crippen LogP contribution < -0.4 is 0 Å². The first-order valence-corrected chi connectivity index (χ1v) is 8.92. The van der Waals surface area contributed by atoms with E-state index in [1.165, 1.54) is 6.08 Å². The summed E-state index contributed by atoms with van der Waals surface area (Å²) in [5.74, 6) is -0.113. The molecular weight excluding hydrogens is 308 g/mol. The normalized spacial score (nSPS) is 31.5. The van der Waals surface area contributed by atoms with Gasteiger partial charge in [0, 0.05) is 19.3 Å². The molecule has 0 N–H and O–H groups in total. The Morgan fingerprint density at radius 3 is 2.54 bits per heavy atom. The fourth-order valence-corrected chi connectivity index (χ4v) is 3.30. The Morgan fingerprint density at radius 1 is 1.25 bits per heavy atom. The molecule has 0 aromatic heterocycles. The monoisotopic (exact) mass is 338 g/mol. The van der Waals surface area contributed by atoms with E-state index in [9.17, 15) is 9.59 Å². The van der Waals surface area contributed by atoms with E-state index >= 15 is 0 Å². The van der Waals surface area contributed by atoms with E-state index in [1.807, 2.05) is 20.8 Å². The summed E-state index contributed by atoms with van der Waals surface area (Å²) in [7, 11) is 0. The molecule has 2 fully saturated rings. The number of ether oxygens (including phenoxy) is 3. The molecule has 0 unspecified atom stereocenters. The van der Waals surface area contributed by atoms with E-state index in [2.05, 4.69) is 13.8 Å². The summed E-state index contributed by atoms with van der Waals surface area (Å²) >= 11 is 0. The first-order chi connectivity index (χ1) is 11.2. The maximum Gasteiger partial charge on any atom is 0.334 e. The topological polar surface area (TPSA) is 61.8 Å². The zero-order valence-corrected chi connectivity index (χ0v) is 15.5. The first kappa shape index (κ1) is 19.0. The fourth-order valence-electron chi connectivity index (χ4n) is 3.30. The van der Waals surface area contributed by atoms with Crippen molar-refractivity contribution in [1.82, 2.24) is 0 Å². The molecule has 0 aromatic rings. The summed E-state index contributed by atoms with van der Waals surface area (Å²) in [5, 5.41) is 0. The molecule has 0 amide bonds. The molecule has 2 atom stereocenters. The first-order valence-electron chi connectivity index (χ1n) is 8.92. The smallest absolute Gasteiger partial charge is 0.334 e. The summed E-state index contributed by atoms with van der Waals surface area (Å²) in [6.07, 6.45) is 3.72. The number of ketones is 1. The van der Waals surface area contributed by atoms with Gasteiger partial charge in [0.15, 0.2) is 0 Å². The predicted molar refractivity (Wildman–Crippen MR) is 90.1 cm³/mol. The van der Waals surface area contributed by atoms with Crippen molar-refractivity contribution in [3.63, 3.8) is 0 Å². The Bertz CT molecular complexity index is 522. The lowest BCUT2D eigenvalue weighted by Gasteiger charge is -2.43. The van der Waals surface area contributed by atoms with Crippen molar-refractivity contribution in [3.05, 3.63) is 11.8 Å². The van der Waals surface area contributed by atoms with Crippen LogP contribution in [0.15, 0.2) is 11.8 Å². The van der Waals surface area contributed by atoms with Crippen LogP contribution in [0.1, 0.15) is 60.3 Å². The molecule has 1 aliphatic carbocycles. The number of rotatable bonds is 6. The van der Waals surface area contributed by atoms with Gasteiger partial charge in [-0.2, -0.15) is 0 Å². The third-order valence-electron chi connectivity index (χ3n) is 4.68. The van der Waals surface area contributed by atoms with Crippen LogP contribution in [0.5, 0.6) is 0 Å². The summed E-state index contributed by atoms with van der Waals surface area (Å²) in [5.41, 5.74) is -0.732. The fraction of sp³-hybridized carbons (Fsp3) is 0.789. The van der Waals surface area contributed by atoms with Crippen molar-refractivity contribution in [2.24, 2.45) is 17.3 Å². The maximum absolute atomic E-state index is 12.6. The number of Topliss-reactive ketones (excluding diaryl/α,β-unsaturated/α-hetero) is 1. The second-order valence-electron chi connectivity index (χ2n) is 7.98. The lowest BCUT2D eigenvalue weighted by Crippen LogP contribution is -2.53. The second-order valence-corrected chi connectivity index (χ2v) is 7.98. The van der Waals surface area contributed by atoms with Gasteiger partial charge < -0.3 is 14.2 Å². The van der Waals surface area contributed by atoms with Crippen molar-refractivity contribution in [3.8, 4) is 0 Å². The predicted octanol–water partition coefficient (Wildman–Crippen LogP) is 3.62. The van der Waals surface area contributed by atoms with Gasteiger partial charge in [-0.1, -0.05) is 27.7 Å². The minimum Gasteiger partial charge on any atom is -0.465 e. The van der Waals surface area contributed by atoms with Gasteiger partial charge in [0.1, 0.15) is 11.5 Å². The van der Waals surface area contributed by atoms with Gasteiger partial charge in [0.2, 0.25) is 5.79 Å². The van der Waals surface area contributed by atoms with Gasteiger partial charge >= 0.3 is 5.97 Å². The molecule has 136 valence electrons. The molecule has 1 aliphatic heterocycles. The quantitative estimate of drug-likeness (QED) is 0.547. The van der Waals surface area contributed by atoms with Crippen LogP contribution >= 0.6 is 0 Å². The molecule has 1 heterocycles. The zero-order valence-electron chi connectivity index (χ0n) is 15.5. The molecule has 0 spiro atoms. The number of fused-ring (bicyclic) bond motifs is 1. The second kappa shape index (κ2) is 7.26. The van der Waals surface area contributed by atoms with E-state index in [0.717, 1.165) is 6.42 Å². The third-order valence-corrected chi connectivity index (χ3v) is 4.68. The van der Waals surface area contributed by atoms with E-state index in [1.54, 1.807) is 0 Å². The molecule has 2 aliphatic rings. The molecule has 0 aromatic carbocycles. The van der Waals surface area contributed by atoms with Gasteiger partial charge in [0.05, 0.1) is 24.7 Å². The van der Waals surface area contributed by atoms with Gasteiger partial charge in [-0.3, -0.25) is 4.79 Å². The Balaban J connectivity index is 2.18. The van der Waals surface area contributed by atoms with E-state index < -0.39 is 17.2 Å². The average molecular weight is 338 g/mol. The van der Waals surface area contributed by atoms with Crippen LogP contribution in [0.3, 0.4) is 0 Å². The van der Waals surface area contributed by atoms with Gasteiger partial charge in [-0.15, -0.1) is 0 Å². The highest BCUT2D eigenvalue weighted by Gasteiger charge is 2.63. The lowest BCUT2D eigenvalue weighted by molar-refractivity contribution is -0.256. The van der Waals surface area contributed by atoms with E-state index in [4.69, 9.17) is 14.2 Å². The molecule has 0 radical (unpaired) electrons. The van der Waals surface area contributed by atoms with Gasteiger partial charge in [0.25, 0.3) is 0 Å². The average Bonchev–Trinajstić information content (AvgIpc) is 2.77. The molecular formula is C19H30O5. The number of esters is 1. The minimum atomic E-state index is -0.948. The number of carbonyl (C=O) groups is 2. The number of allylic oxidation sites excluding steroid dienone is 1. The van der Waals surface area contributed by atoms with Crippen LogP contribution in [0, 0.1) is 17.3 Å². The molecule has 24 heavy (non-hydrogen) atoms. The highest BCUT2D eigenvalue weighted by Crippen LogP contribution is 2.55. The number of carbonyl (C=O) groups excluding carboxylic acids is 2. The zero-order chi connectivity index (χ0) is 18.0. The molecule has 1 saturated carbocycles. The Labute approximate surface area is 144 Å². The van der Waals surface area contributed by atoms with Crippen LogP contribution in [-0.4, -0.2) is 30.8 Å². The standard InChI is InChI=1S/C19H30O5/c1-13(2)11-22-17(21)9-15-10-18(5)16(20)7-6-8-19(18,24-15)23-12-14(3)4/h9,13-14H,6-8,10-12H2,1-5H3/b15-9-/t18-,19+/m0/s1. The molecule has 1 saturated heterocycles. The molecule has 5 heteroatoms.